The molecule has 4 rings (SSSR count). The van der Waals surface area contributed by atoms with Crippen LogP contribution < -0.4 is 0 Å². The van der Waals surface area contributed by atoms with Gasteiger partial charge in [-0.2, -0.15) is 13.2 Å². The zero-order chi connectivity index (χ0) is 28.0. The van der Waals surface area contributed by atoms with Crippen molar-refractivity contribution in [1.82, 2.24) is 4.98 Å². The van der Waals surface area contributed by atoms with E-state index in [9.17, 15) is 23.1 Å². The first-order valence-corrected chi connectivity index (χ1v) is 12.9. The van der Waals surface area contributed by atoms with Gasteiger partial charge in [0.2, 0.25) is 5.89 Å². The van der Waals surface area contributed by atoms with Gasteiger partial charge in [0.15, 0.2) is 6.10 Å². The van der Waals surface area contributed by atoms with Gasteiger partial charge >= 0.3 is 12.1 Å². The van der Waals surface area contributed by atoms with Gasteiger partial charge < -0.3 is 23.7 Å². The lowest BCUT2D eigenvalue weighted by Gasteiger charge is -2.29. The standard InChI is InChI=1S/C29H32F3NO6/c1-18-6-10-21(11-7-18)27-33-25(19(2)39-27)16-36-23-4-3-5-24(14-23)37-17-26(28(34)35)38-15-20-8-12-22(13-9-20)29(30,31)32/h6-13,23-24,26H,3-5,14-17H2,1-2H3,(H,34,35)/t23-,24+,26?/m0/s1. The molecule has 1 aliphatic rings. The summed E-state index contributed by atoms with van der Waals surface area (Å²) in [6, 6.07) is 12.4. The molecule has 0 aliphatic heterocycles. The topological polar surface area (TPSA) is 91.0 Å². The second kappa shape index (κ2) is 12.8. The van der Waals surface area contributed by atoms with Gasteiger partial charge in [-0.05, 0) is 69.4 Å². The number of halogens is 3. The zero-order valence-electron chi connectivity index (χ0n) is 21.9. The van der Waals surface area contributed by atoms with Gasteiger partial charge in [0.25, 0.3) is 0 Å². The van der Waals surface area contributed by atoms with Crippen LogP contribution in [0.4, 0.5) is 13.2 Å². The number of aryl methyl sites for hydroxylation is 2. The number of carbonyl (C=O) groups is 1. The molecule has 2 aromatic carbocycles. The quantitative estimate of drug-likeness (QED) is 0.293. The van der Waals surface area contributed by atoms with E-state index in [0.717, 1.165) is 48.2 Å². The molecule has 7 nitrogen and oxygen atoms in total. The minimum atomic E-state index is -4.43. The van der Waals surface area contributed by atoms with Gasteiger partial charge in [-0.3, -0.25) is 0 Å². The van der Waals surface area contributed by atoms with E-state index in [2.05, 4.69) is 4.98 Å². The Balaban J connectivity index is 1.24. The van der Waals surface area contributed by atoms with E-state index in [4.69, 9.17) is 18.6 Å². The van der Waals surface area contributed by atoms with Crippen LogP contribution in [0.25, 0.3) is 11.5 Å². The minimum Gasteiger partial charge on any atom is -0.479 e. The van der Waals surface area contributed by atoms with Crippen molar-refractivity contribution in [2.45, 2.75) is 77.2 Å². The number of ether oxygens (including phenoxy) is 3. The molecule has 3 aromatic rings. The number of oxazole rings is 1. The Labute approximate surface area is 224 Å². The summed E-state index contributed by atoms with van der Waals surface area (Å²) < 4.78 is 61.4. The number of benzene rings is 2. The van der Waals surface area contributed by atoms with E-state index >= 15 is 0 Å². The largest absolute Gasteiger partial charge is 0.479 e. The molecule has 3 atom stereocenters. The molecule has 0 radical (unpaired) electrons. The van der Waals surface area contributed by atoms with Crippen LogP contribution in [0.1, 0.15) is 53.8 Å². The molecule has 10 heteroatoms. The summed E-state index contributed by atoms with van der Waals surface area (Å²) in [5.74, 6) is 0.0482. The molecule has 1 heterocycles. The molecule has 1 unspecified atom stereocenters. The van der Waals surface area contributed by atoms with Crippen molar-refractivity contribution >= 4 is 5.97 Å². The van der Waals surface area contributed by atoms with Crippen LogP contribution in [-0.2, 0) is 38.4 Å². The third kappa shape index (κ3) is 8.14. The van der Waals surface area contributed by atoms with E-state index in [1.54, 1.807) is 0 Å². The Morgan fingerprint density at radius 2 is 1.69 bits per heavy atom. The number of carboxylic acid groups (broad SMARTS) is 1. The van der Waals surface area contributed by atoms with Crippen LogP contribution in [0.15, 0.2) is 52.9 Å². The fourth-order valence-electron chi connectivity index (χ4n) is 4.38. The Hall–Kier alpha value is -3.21. The lowest BCUT2D eigenvalue weighted by Crippen LogP contribution is -2.34. The number of alkyl halides is 3. The third-order valence-electron chi connectivity index (χ3n) is 6.72. The highest BCUT2D eigenvalue weighted by atomic mass is 19.4. The van der Waals surface area contributed by atoms with Crippen LogP contribution in [0.5, 0.6) is 0 Å². The first kappa shape index (κ1) is 28.8. The van der Waals surface area contributed by atoms with Crippen molar-refractivity contribution in [3.05, 3.63) is 76.7 Å². The lowest BCUT2D eigenvalue weighted by molar-refractivity contribution is -0.159. The average Bonchev–Trinajstić information content (AvgIpc) is 3.28. The molecule has 0 saturated heterocycles. The van der Waals surface area contributed by atoms with Crippen molar-refractivity contribution in [3.63, 3.8) is 0 Å². The molecule has 1 N–H and O–H groups in total. The van der Waals surface area contributed by atoms with E-state index < -0.39 is 23.8 Å². The summed E-state index contributed by atoms with van der Waals surface area (Å²) in [5, 5.41) is 9.52. The Morgan fingerprint density at radius 1 is 1.03 bits per heavy atom. The minimum absolute atomic E-state index is 0.0704. The second-order valence-electron chi connectivity index (χ2n) is 9.78. The molecule has 1 fully saturated rings. The van der Waals surface area contributed by atoms with Crippen molar-refractivity contribution in [2.24, 2.45) is 0 Å². The normalized spacial score (nSPS) is 18.7. The van der Waals surface area contributed by atoms with E-state index in [0.29, 0.717) is 30.2 Å². The molecular formula is C29H32F3NO6. The maximum Gasteiger partial charge on any atom is 0.416 e. The lowest BCUT2D eigenvalue weighted by atomic mass is 9.95. The molecule has 1 saturated carbocycles. The van der Waals surface area contributed by atoms with E-state index in [-0.39, 0.29) is 25.4 Å². The summed E-state index contributed by atoms with van der Waals surface area (Å²) >= 11 is 0. The van der Waals surface area contributed by atoms with Crippen molar-refractivity contribution < 1.29 is 41.7 Å². The van der Waals surface area contributed by atoms with E-state index in [1.165, 1.54) is 12.1 Å². The molecular weight excluding hydrogens is 515 g/mol. The van der Waals surface area contributed by atoms with Gasteiger partial charge in [-0.25, -0.2) is 9.78 Å². The van der Waals surface area contributed by atoms with Crippen molar-refractivity contribution in [1.29, 1.82) is 0 Å². The Morgan fingerprint density at radius 3 is 2.33 bits per heavy atom. The highest BCUT2D eigenvalue weighted by Gasteiger charge is 2.30. The molecule has 0 bridgehead atoms. The number of nitrogens with zero attached hydrogens (tertiary/aromatic N) is 1. The van der Waals surface area contributed by atoms with Crippen LogP contribution in [0, 0.1) is 13.8 Å². The molecule has 0 spiro atoms. The summed E-state index contributed by atoms with van der Waals surface area (Å²) in [7, 11) is 0. The van der Waals surface area contributed by atoms with Crippen molar-refractivity contribution in [2.75, 3.05) is 6.61 Å². The maximum atomic E-state index is 12.7. The number of aromatic nitrogens is 1. The predicted molar refractivity (Wildman–Crippen MR) is 136 cm³/mol. The van der Waals surface area contributed by atoms with Gasteiger partial charge in [0.1, 0.15) is 11.5 Å². The monoisotopic (exact) mass is 547 g/mol. The molecule has 1 aliphatic carbocycles. The SMILES string of the molecule is Cc1ccc(-c2nc(CO[C@H]3CCC[C@@H](OCC(OCc4ccc(C(F)(F)F)cc4)C(=O)O)C3)c(C)o2)cc1. The van der Waals surface area contributed by atoms with Gasteiger partial charge in [-0.1, -0.05) is 29.8 Å². The summed E-state index contributed by atoms with van der Waals surface area (Å²) in [5.41, 5.74) is 2.45. The number of rotatable bonds is 11. The molecule has 0 amide bonds. The smallest absolute Gasteiger partial charge is 0.416 e. The first-order valence-electron chi connectivity index (χ1n) is 12.9. The summed E-state index contributed by atoms with van der Waals surface area (Å²) in [6.07, 6.45) is -2.84. The highest BCUT2D eigenvalue weighted by Crippen LogP contribution is 2.30. The number of hydrogen-bond acceptors (Lipinski definition) is 6. The molecule has 210 valence electrons. The van der Waals surface area contributed by atoms with Gasteiger partial charge in [0.05, 0.1) is 37.6 Å². The Kier molecular flexibility index (Phi) is 9.42. The average molecular weight is 548 g/mol. The second-order valence-corrected chi connectivity index (χ2v) is 9.78. The Bertz CT molecular complexity index is 1220. The third-order valence-corrected chi connectivity index (χ3v) is 6.72. The zero-order valence-corrected chi connectivity index (χ0v) is 21.9. The number of aliphatic carboxylic acids is 1. The van der Waals surface area contributed by atoms with E-state index in [1.807, 2.05) is 38.1 Å². The molecule has 39 heavy (non-hydrogen) atoms. The van der Waals surface area contributed by atoms with Crippen molar-refractivity contribution in [3.8, 4) is 11.5 Å². The van der Waals surface area contributed by atoms with Crippen LogP contribution in [0.2, 0.25) is 0 Å². The fourth-order valence-corrected chi connectivity index (χ4v) is 4.38. The maximum absolute atomic E-state index is 12.7. The van der Waals surface area contributed by atoms with Crippen LogP contribution >= 0.6 is 0 Å². The first-order chi connectivity index (χ1) is 18.6. The van der Waals surface area contributed by atoms with Crippen LogP contribution in [-0.4, -0.2) is 41.0 Å². The molecule has 1 aromatic heterocycles. The highest BCUT2D eigenvalue weighted by molar-refractivity contribution is 5.72. The predicted octanol–water partition coefficient (Wildman–Crippen LogP) is 6.49. The number of carboxylic acids is 1. The summed E-state index contributed by atoms with van der Waals surface area (Å²) in [4.78, 5) is 16.3. The van der Waals surface area contributed by atoms with Gasteiger partial charge in [-0.15, -0.1) is 0 Å². The number of hydrogen-bond donors (Lipinski definition) is 1. The van der Waals surface area contributed by atoms with Gasteiger partial charge in [0, 0.05) is 5.56 Å². The fraction of sp³-hybridized carbons (Fsp3) is 0.448. The van der Waals surface area contributed by atoms with Crippen LogP contribution in [0.3, 0.4) is 0 Å². The summed E-state index contributed by atoms with van der Waals surface area (Å²) in [6.45, 7) is 3.86.